The van der Waals surface area contributed by atoms with Gasteiger partial charge in [-0.2, -0.15) is 0 Å². The van der Waals surface area contributed by atoms with E-state index in [1.54, 1.807) is 0 Å². The molecule has 2 heterocycles. The first kappa shape index (κ1) is 13.8. The molecule has 0 N–H and O–H groups in total. The van der Waals surface area contributed by atoms with Crippen molar-refractivity contribution in [3.63, 3.8) is 0 Å². The minimum Gasteiger partial charge on any atom is -0.294 e. The molecule has 0 aromatic heterocycles. The number of rotatable bonds is 3. The Balaban J connectivity index is 1.81. The minimum absolute atomic E-state index is 0.622. The third kappa shape index (κ3) is 3.50. The number of likely N-dealkylation sites (tertiary alicyclic amines) is 1. The minimum atomic E-state index is 0.622. The van der Waals surface area contributed by atoms with Gasteiger partial charge in [-0.1, -0.05) is 36.8 Å². The predicted octanol–water partition coefficient (Wildman–Crippen LogP) is 4.41. The van der Waals surface area contributed by atoms with Crippen LogP contribution in [0.5, 0.6) is 0 Å². The smallest absolute Gasteiger partial charge is 0.0699 e. The third-order valence-electron chi connectivity index (χ3n) is 4.04. The van der Waals surface area contributed by atoms with E-state index in [9.17, 15) is 0 Å². The summed E-state index contributed by atoms with van der Waals surface area (Å²) in [5, 5.41) is 0. The molecular formula is C16H23NS2. The molecule has 1 atom stereocenters. The van der Waals surface area contributed by atoms with E-state index in [4.69, 9.17) is 0 Å². The van der Waals surface area contributed by atoms with Crippen LogP contribution in [0.4, 0.5) is 0 Å². The van der Waals surface area contributed by atoms with Crippen LogP contribution in [-0.2, 0) is 0 Å². The Hall–Kier alpha value is -0.120. The van der Waals surface area contributed by atoms with Gasteiger partial charge in [0.25, 0.3) is 0 Å². The van der Waals surface area contributed by atoms with Gasteiger partial charge < -0.3 is 0 Å². The molecule has 2 fully saturated rings. The summed E-state index contributed by atoms with van der Waals surface area (Å²) in [7, 11) is 0. The molecule has 2 aliphatic rings. The molecular weight excluding hydrogens is 270 g/mol. The average molecular weight is 294 g/mol. The van der Waals surface area contributed by atoms with Crippen molar-refractivity contribution >= 4 is 23.5 Å². The highest BCUT2D eigenvalue weighted by atomic mass is 32.2. The predicted molar refractivity (Wildman–Crippen MR) is 87.9 cm³/mol. The lowest BCUT2D eigenvalue weighted by molar-refractivity contribution is 0.173. The molecule has 0 radical (unpaired) electrons. The monoisotopic (exact) mass is 293 g/mol. The van der Waals surface area contributed by atoms with Gasteiger partial charge in [-0.3, -0.25) is 4.90 Å². The van der Waals surface area contributed by atoms with E-state index in [2.05, 4.69) is 58.8 Å². The van der Waals surface area contributed by atoms with E-state index < -0.39 is 0 Å². The molecule has 0 amide bonds. The fourth-order valence-corrected chi connectivity index (χ4v) is 6.33. The van der Waals surface area contributed by atoms with Crippen LogP contribution in [0.2, 0.25) is 0 Å². The van der Waals surface area contributed by atoms with Gasteiger partial charge in [0.05, 0.1) is 10.6 Å². The zero-order valence-electron chi connectivity index (χ0n) is 11.5. The number of thioether (sulfide) groups is 2. The molecule has 3 rings (SSSR count). The molecule has 2 aliphatic heterocycles. The average Bonchev–Trinajstić information content (AvgIpc) is 2.51. The highest BCUT2D eigenvalue weighted by molar-refractivity contribution is 8.17. The maximum atomic E-state index is 2.74. The van der Waals surface area contributed by atoms with Crippen molar-refractivity contribution in [3.05, 3.63) is 35.9 Å². The second-order valence-corrected chi connectivity index (χ2v) is 8.21. The zero-order valence-corrected chi connectivity index (χ0v) is 13.1. The van der Waals surface area contributed by atoms with Gasteiger partial charge in [-0.15, -0.1) is 23.5 Å². The second kappa shape index (κ2) is 7.05. The van der Waals surface area contributed by atoms with Gasteiger partial charge in [0.2, 0.25) is 0 Å². The molecule has 1 aromatic rings. The van der Waals surface area contributed by atoms with Crippen LogP contribution in [0.1, 0.15) is 37.3 Å². The van der Waals surface area contributed by atoms with E-state index in [1.807, 2.05) is 0 Å². The van der Waals surface area contributed by atoms with Gasteiger partial charge >= 0.3 is 0 Å². The Bertz CT molecular complexity index is 352. The highest BCUT2D eigenvalue weighted by Crippen LogP contribution is 2.43. The first-order valence-corrected chi connectivity index (χ1v) is 9.57. The van der Waals surface area contributed by atoms with Crippen LogP contribution in [0.15, 0.2) is 30.3 Å². The van der Waals surface area contributed by atoms with Crippen molar-refractivity contribution in [2.75, 3.05) is 24.6 Å². The number of benzene rings is 1. The normalized spacial score (nSPS) is 24.2. The molecule has 3 heteroatoms. The summed E-state index contributed by atoms with van der Waals surface area (Å²) >= 11 is 4.36. The van der Waals surface area contributed by atoms with Crippen molar-refractivity contribution in [2.45, 2.75) is 36.3 Å². The van der Waals surface area contributed by atoms with Gasteiger partial charge in [0.15, 0.2) is 0 Å². The Morgan fingerprint density at radius 3 is 2.26 bits per heavy atom. The van der Waals surface area contributed by atoms with Crippen molar-refractivity contribution in [2.24, 2.45) is 0 Å². The summed E-state index contributed by atoms with van der Waals surface area (Å²) in [6, 6.07) is 11.8. The lowest BCUT2D eigenvalue weighted by atomic mass is 10.0. The number of hydrogen-bond donors (Lipinski definition) is 0. The highest BCUT2D eigenvalue weighted by Gasteiger charge is 2.31. The van der Waals surface area contributed by atoms with Crippen LogP contribution in [0, 0.1) is 0 Å². The van der Waals surface area contributed by atoms with Gasteiger partial charge in [0, 0.05) is 0 Å². The SMILES string of the molecule is c1ccc(C(C2SCCCS2)N2CCCCC2)cc1. The molecule has 1 aromatic carbocycles. The molecule has 0 aliphatic carbocycles. The molecule has 1 unspecified atom stereocenters. The molecule has 0 saturated carbocycles. The van der Waals surface area contributed by atoms with E-state index >= 15 is 0 Å². The van der Waals surface area contributed by atoms with E-state index in [0.717, 1.165) is 4.58 Å². The van der Waals surface area contributed by atoms with Crippen LogP contribution in [0.25, 0.3) is 0 Å². The number of nitrogens with zero attached hydrogens (tertiary/aromatic N) is 1. The summed E-state index contributed by atoms with van der Waals surface area (Å²) < 4.78 is 0.731. The Morgan fingerprint density at radius 2 is 1.58 bits per heavy atom. The largest absolute Gasteiger partial charge is 0.294 e. The van der Waals surface area contributed by atoms with Gasteiger partial charge in [-0.05, 0) is 49.4 Å². The molecule has 1 nitrogen and oxygen atoms in total. The zero-order chi connectivity index (χ0) is 12.9. The number of hydrogen-bond acceptors (Lipinski definition) is 3. The van der Waals surface area contributed by atoms with Gasteiger partial charge in [-0.25, -0.2) is 0 Å². The Morgan fingerprint density at radius 1 is 0.895 bits per heavy atom. The molecule has 19 heavy (non-hydrogen) atoms. The first-order chi connectivity index (χ1) is 9.45. The molecule has 104 valence electrons. The number of piperidine rings is 1. The van der Waals surface area contributed by atoms with Crippen LogP contribution in [0.3, 0.4) is 0 Å². The fraction of sp³-hybridized carbons (Fsp3) is 0.625. The summed E-state index contributed by atoms with van der Waals surface area (Å²) in [5.74, 6) is 2.68. The standard InChI is InChI=1S/C16H23NS2/c1-3-8-14(9-4-1)15(16-18-12-7-13-19-16)17-10-5-2-6-11-17/h1,3-4,8-9,15-16H,2,5-7,10-13H2. The Kier molecular flexibility index (Phi) is 5.14. The molecule has 2 saturated heterocycles. The summed E-state index contributed by atoms with van der Waals surface area (Å²) in [6.45, 7) is 2.58. The summed E-state index contributed by atoms with van der Waals surface area (Å²) in [4.78, 5) is 2.74. The van der Waals surface area contributed by atoms with Crippen molar-refractivity contribution < 1.29 is 0 Å². The van der Waals surface area contributed by atoms with E-state index in [1.165, 1.54) is 55.8 Å². The first-order valence-electron chi connectivity index (χ1n) is 7.47. The van der Waals surface area contributed by atoms with Crippen molar-refractivity contribution in [3.8, 4) is 0 Å². The van der Waals surface area contributed by atoms with Crippen molar-refractivity contribution in [1.29, 1.82) is 0 Å². The van der Waals surface area contributed by atoms with Crippen LogP contribution in [-0.4, -0.2) is 34.1 Å². The van der Waals surface area contributed by atoms with Crippen molar-refractivity contribution in [1.82, 2.24) is 4.90 Å². The maximum absolute atomic E-state index is 2.74. The van der Waals surface area contributed by atoms with E-state index in [0.29, 0.717) is 6.04 Å². The lowest BCUT2D eigenvalue weighted by Gasteiger charge is -2.40. The van der Waals surface area contributed by atoms with Crippen LogP contribution >= 0.6 is 23.5 Å². The summed E-state index contributed by atoms with van der Waals surface area (Å²) in [6.07, 6.45) is 5.56. The lowest BCUT2D eigenvalue weighted by Crippen LogP contribution is -2.38. The quantitative estimate of drug-likeness (QED) is 0.812. The second-order valence-electron chi connectivity index (χ2n) is 5.42. The Labute approximate surface area is 125 Å². The van der Waals surface area contributed by atoms with Gasteiger partial charge in [0.1, 0.15) is 0 Å². The summed E-state index contributed by atoms with van der Waals surface area (Å²) in [5.41, 5.74) is 1.52. The van der Waals surface area contributed by atoms with Crippen LogP contribution < -0.4 is 0 Å². The molecule has 0 spiro atoms. The molecule has 0 bridgehead atoms. The fourth-order valence-electron chi connectivity index (χ4n) is 3.08. The topological polar surface area (TPSA) is 3.24 Å². The van der Waals surface area contributed by atoms with E-state index in [-0.39, 0.29) is 0 Å². The maximum Gasteiger partial charge on any atom is 0.0699 e. The third-order valence-corrected chi connectivity index (χ3v) is 7.07.